The van der Waals surface area contributed by atoms with Gasteiger partial charge in [-0.15, -0.1) is 0 Å². The highest BCUT2D eigenvalue weighted by Crippen LogP contribution is 2.72. The van der Waals surface area contributed by atoms with Gasteiger partial charge >= 0.3 is 5.97 Å². The maximum absolute atomic E-state index is 12.1. The monoisotopic (exact) mass is 399 g/mol. The molecular formula is C11H15Br2NO3S. The summed E-state index contributed by atoms with van der Waals surface area (Å²) < 4.78 is 4.68. The quantitative estimate of drug-likeness (QED) is 0.737. The zero-order valence-corrected chi connectivity index (χ0v) is 14.3. The number of amides is 1. The van der Waals surface area contributed by atoms with E-state index in [0.717, 1.165) is 0 Å². The van der Waals surface area contributed by atoms with Crippen LogP contribution in [0.5, 0.6) is 0 Å². The fourth-order valence-electron chi connectivity index (χ4n) is 1.43. The van der Waals surface area contributed by atoms with Crippen molar-refractivity contribution in [1.82, 2.24) is 5.32 Å². The average Bonchev–Trinajstić information content (AvgIpc) is 2.64. The van der Waals surface area contributed by atoms with E-state index in [-0.39, 0.29) is 11.8 Å². The first kappa shape index (κ1) is 15.8. The second-order valence-corrected chi connectivity index (χ2v) is 14.6. The standard InChI is InChI=1S/C11H15Br2NO3S/c1-7(2)9(11(16)17-3)14-10(15)8-5-4-6-18(8,12)13/h4-7,9H,1-3H3,(H,14,15)/t9-/m0/s1. The SMILES string of the molecule is COC(=O)[C@@H](NC(=O)C1=CC=CS1(Br)Br)C(C)C. The fourth-order valence-corrected chi connectivity index (χ4v) is 4.69. The van der Waals surface area contributed by atoms with Gasteiger partial charge in [0.2, 0.25) is 0 Å². The molecule has 1 aliphatic heterocycles. The fraction of sp³-hybridized carbons (Fsp3) is 0.455. The third-order valence-electron chi connectivity index (χ3n) is 2.42. The van der Waals surface area contributed by atoms with Crippen molar-refractivity contribution in [3.63, 3.8) is 0 Å². The Labute approximate surface area is 123 Å². The molecular weight excluding hydrogens is 386 g/mol. The number of methoxy groups -OCH3 is 1. The molecule has 1 rings (SSSR count). The summed E-state index contributed by atoms with van der Waals surface area (Å²) in [6, 6.07) is -0.640. The lowest BCUT2D eigenvalue weighted by Gasteiger charge is -2.24. The molecule has 102 valence electrons. The van der Waals surface area contributed by atoms with Crippen molar-refractivity contribution < 1.29 is 14.3 Å². The molecule has 1 N–H and O–H groups in total. The Hall–Kier alpha value is -0.270. The highest BCUT2D eigenvalue weighted by Gasteiger charge is 2.32. The van der Waals surface area contributed by atoms with Crippen molar-refractivity contribution in [2.45, 2.75) is 19.9 Å². The normalized spacial score (nSPS) is 20.2. The number of carbonyl (C=O) groups excluding carboxylic acids is 2. The molecule has 4 nitrogen and oxygen atoms in total. The van der Waals surface area contributed by atoms with Gasteiger partial charge < -0.3 is 10.1 Å². The van der Waals surface area contributed by atoms with Gasteiger partial charge in [-0.2, -0.15) is 0 Å². The maximum Gasteiger partial charge on any atom is 0.328 e. The number of halogens is 2. The molecule has 0 aromatic rings. The minimum absolute atomic E-state index is 0.0357. The van der Waals surface area contributed by atoms with Gasteiger partial charge in [-0.3, -0.25) is 4.79 Å². The lowest BCUT2D eigenvalue weighted by atomic mass is 10.0. The molecule has 0 spiro atoms. The summed E-state index contributed by atoms with van der Waals surface area (Å²) in [4.78, 5) is 24.3. The van der Waals surface area contributed by atoms with Gasteiger partial charge in [0.1, 0.15) is 6.04 Å². The molecule has 7 heteroatoms. The maximum atomic E-state index is 12.1. The van der Waals surface area contributed by atoms with Crippen LogP contribution in [0.4, 0.5) is 0 Å². The Morgan fingerprint density at radius 3 is 2.39 bits per heavy atom. The smallest absolute Gasteiger partial charge is 0.328 e. The molecule has 0 radical (unpaired) electrons. The van der Waals surface area contributed by atoms with E-state index in [2.05, 4.69) is 39.7 Å². The van der Waals surface area contributed by atoms with E-state index in [1.807, 2.05) is 19.3 Å². The predicted molar refractivity (Wildman–Crippen MR) is 81.5 cm³/mol. The van der Waals surface area contributed by atoms with Crippen molar-refractivity contribution in [2.24, 2.45) is 5.92 Å². The van der Waals surface area contributed by atoms with Crippen LogP contribution in [0.3, 0.4) is 0 Å². The lowest BCUT2D eigenvalue weighted by molar-refractivity contribution is -0.145. The van der Waals surface area contributed by atoms with Crippen LogP contribution in [-0.2, 0) is 14.3 Å². The van der Waals surface area contributed by atoms with Crippen molar-refractivity contribution >= 4 is 48.4 Å². The summed E-state index contributed by atoms with van der Waals surface area (Å²) in [5.74, 6) is -0.742. The zero-order chi connectivity index (χ0) is 13.9. The lowest BCUT2D eigenvalue weighted by Crippen LogP contribution is -2.45. The Kier molecular flexibility index (Phi) is 5.48. The van der Waals surface area contributed by atoms with Crippen LogP contribution in [0.25, 0.3) is 0 Å². The van der Waals surface area contributed by atoms with Crippen molar-refractivity contribution in [3.05, 3.63) is 22.5 Å². The number of rotatable bonds is 4. The summed E-state index contributed by atoms with van der Waals surface area (Å²) in [6.45, 7) is 2.16. The second-order valence-electron chi connectivity index (χ2n) is 4.09. The van der Waals surface area contributed by atoms with E-state index >= 15 is 0 Å². The van der Waals surface area contributed by atoms with Crippen molar-refractivity contribution in [2.75, 3.05) is 7.11 Å². The minimum Gasteiger partial charge on any atom is -0.467 e. The number of carbonyl (C=O) groups is 2. The van der Waals surface area contributed by atoms with E-state index in [0.29, 0.717) is 4.91 Å². The first-order chi connectivity index (χ1) is 8.29. The van der Waals surface area contributed by atoms with Gasteiger partial charge in [0, 0.05) is 0 Å². The molecule has 1 amide bonds. The number of esters is 1. The zero-order valence-electron chi connectivity index (χ0n) is 10.3. The van der Waals surface area contributed by atoms with Gasteiger partial charge in [0.25, 0.3) is 5.91 Å². The van der Waals surface area contributed by atoms with Crippen molar-refractivity contribution in [3.8, 4) is 0 Å². The number of nitrogens with one attached hydrogen (secondary N) is 1. The molecule has 0 fully saturated rings. The van der Waals surface area contributed by atoms with E-state index in [9.17, 15) is 9.59 Å². The molecule has 0 aromatic carbocycles. The molecule has 0 saturated carbocycles. The van der Waals surface area contributed by atoms with Crippen LogP contribution in [0.15, 0.2) is 22.5 Å². The predicted octanol–water partition coefficient (Wildman–Crippen LogP) is 3.14. The molecule has 0 aliphatic carbocycles. The largest absolute Gasteiger partial charge is 0.467 e. The van der Waals surface area contributed by atoms with Crippen LogP contribution in [0, 0.1) is 5.92 Å². The van der Waals surface area contributed by atoms with Crippen LogP contribution in [0.1, 0.15) is 13.8 Å². The Balaban J connectivity index is 2.78. The van der Waals surface area contributed by atoms with Gasteiger partial charge in [0.15, 0.2) is 0 Å². The molecule has 1 atom stereocenters. The number of hydrogen-bond acceptors (Lipinski definition) is 3. The molecule has 0 bridgehead atoms. The second kappa shape index (κ2) is 6.25. The highest BCUT2D eigenvalue weighted by molar-refractivity contribution is 9.92. The molecule has 1 aliphatic rings. The molecule has 18 heavy (non-hydrogen) atoms. The minimum atomic E-state index is -1.55. The van der Waals surface area contributed by atoms with Crippen LogP contribution in [0.2, 0.25) is 0 Å². The molecule has 0 saturated heterocycles. The summed E-state index contributed by atoms with van der Waals surface area (Å²) in [6.07, 6.45) is 3.53. The number of ether oxygens (including phenoxy) is 1. The van der Waals surface area contributed by atoms with E-state index < -0.39 is 18.9 Å². The Bertz CT molecular complexity index is 419. The van der Waals surface area contributed by atoms with Gasteiger partial charge in [-0.25, -0.2) is 4.79 Å². The van der Waals surface area contributed by atoms with Crippen molar-refractivity contribution in [1.29, 1.82) is 0 Å². The molecule has 0 unspecified atom stereocenters. The number of hydrogen-bond donors (Lipinski definition) is 1. The van der Waals surface area contributed by atoms with Crippen LogP contribution in [-0.4, -0.2) is 25.0 Å². The van der Waals surface area contributed by atoms with E-state index in [1.54, 1.807) is 12.2 Å². The summed E-state index contributed by atoms with van der Waals surface area (Å²) in [7, 11) is 1.31. The Morgan fingerprint density at radius 2 is 2.00 bits per heavy atom. The van der Waals surface area contributed by atoms with Crippen LogP contribution < -0.4 is 5.32 Å². The van der Waals surface area contributed by atoms with E-state index in [1.165, 1.54) is 7.11 Å². The summed E-state index contributed by atoms with van der Waals surface area (Å²) in [5, 5.41) is 4.58. The third kappa shape index (κ3) is 3.61. The molecule has 1 heterocycles. The topological polar surface area (TPSA) is 55.4 Å². The Morgan fingerprint density at radius 1 is 1.39 bits per heavy atom. The molecule has 0 aromatic heterocycles. The summed E-state index contributed by atoms with van der Waals surface area (Å²) in [5.41, 5.74) is 0. The first-order valence-corrected chi connectivity index (χ1v) is 10.7. The van der Waals surface area contributed by atoms with Gasteiger partial charge in [-0.1, -0.05) is 26.8 Å². The van der Waals surface area contributed by atoms with E-state index in [4.69, 9.17) is 0 Å². The third-order valence-corrected chi connectivity index (χ3v) is 7.22. The average molecular weight is 401 g/mol. The van der Waals surface area contributed by atoms with Gasteiger partial charge in [0.05, 0.1) is 12.0 Å². The highest BCUT2D eigenvalue weighted by atomic mass is 79.9. The number of allylic oxidation sites excluding steroid dienone is 2. The van der Waals surface area contributed by atoms with Gasteiger partial charge in [-0.05, 0) is 47.0 Å². The summed E-state index contributed by atoms with van der Waals surface area (Å²) >= 11 is 6.92. The first-order valence-electron chi connectivity index (χ1n) is 5.29. The van der Waals surface area contributed by atoms with Crippen LogP contribution >= 0.6 is 36.5 Å².